The second-order valence-corrected chi connectivity index (χ2v) is 7.49. The van der Waals surface area contributed by atoms with Crippen LogP contribution < -0.4 is 0 Å². The molecule has 0 spiro atoms. The molecule has 6 aromatic rings. The van der Waals surface area contributed by atoms with Gasteiger partial charge in [0.2, 0.25) is 0 Å². The van der Waals surface area contributed by atoms with Crippen molar-refractivity contribution >= 4 is 0 Å². The first kappa shape index (κ1) is 27.3. The summed E-state index contributed by atoms with van der Waals surface area (Å²) in [6, 6.07) is 50.6. The topological polar surface area (TPSA) is 38.7 Å². The predicted octanol–water partition coefficient (Wildman–Crippen LogP) is 7.64. The van der Waals surface area contributed by atoms with Crippen molar-refractivity contribution in [1.29, 1.82) is 0 Å². The van der Waals surface area contributed by atoms with Gasteiger partial charge in [0.15, 0.2) is 0 Å². The fourth-order valence-electron chi connectivity index (χ4n) is 3.24. The van der Waals surface area contributed by atoms with Gasteiger partial charge in [-0.15, -0.1) is 54.6 Å². The first-order valence-corrected chi connectivity index (χ1v) is 11.5. The van der Waals surface area contributed by atoms with Crippen molar-refractivity contribution in [3.63, 3.8) is 0 Å². The van der Waals surface area contributed by atoms with Gasteiger partial charge in [0.25, 0.3) is 0 Å². The van der Waals surface area contributed by atoms with E-state index in [-0.39, 0.29) is 19.5 Å². The van der Waals surface area contributed by atoms with Crippen molar-refractivity contribution in [2.24, 2.45) is 0 Å². The molecule has 0 atom stereocenters. The van der Waals surface area contributed by atoms with Gasteiger partial charge < -0.3 is 0 Å². The van der Waals surface area contributed by atoms with Crippen LogP contribution in [0.3, 0.4) is 0 Å². The molecular formula is C33H24N3Ru. The van der Waals surface area contributed by atoms with Crippen LogP contribution >= 0.6 is 0 Å². The summed E-state index contributed by atoms with van der Waals surface area (Å²) in [5.74, 6) is 0. The van der Waals surface area contributed by atoms with Crippen LogP contribution in [0.15, 0.2) is 146 Å². The van der Waals surface area contributed by atoms with Gasteiger partial charge in [-0.05, 0) is 35.7 Å². The van der Waals surface area contributed by atoms with Gasteiger partial charge in [-0.1, -0.05) is 71.3 Å². The first-order chi connectivity index (χ1) is 17.9. The zero-order chi connectivity index (χ0) is 24.7. The third-order valence-electron chi connectivity index (χ3n) is 4.96. The van der Waals surface area contributed by atoms with E-state index in [4.69, 9.17) is 0 Å². The fraction of sp³-hybridized carbons (Fsp3) is 0. The Hall–Kier alpha value is -4.27. The largest absolute Gasteiger partial charge is 3.00 e. The van der Waals surface area contributed by atoms with E-state index in [1.54, 1.807) is 18.6 Å². The molecule has 0 saturated carbocycles. The Balaban J connectivity index is 0.000000152. The van der Waals surface area contributed by atoms with Crippen LogP contribution in [-0.2, 0) is 19.5 Å². The summed E-state index contributed by atoms with van der Waals surface area (Å²) >= 11 is 0. The molecule has 3 nitrogen and oxygen atoms in total. The van der Waals surface area contributed by atoms with Gasteiger partial charge in [0.05, 0.1) is 0 Å². The second-order valence-electron chi connectivity index (χ2n) is 7.49. The molecule has 3 aromatic heterocycles. The third-order valence-corrected chi connectivity index (χ3v) is 4.96. The van der Waals surface area contributed by atoms with E-state index in [1.165, 1.54) is 0 Å². The number of benzene rings is 3. The van der Waals surface area contributed by atoms with Crippen molar-refractivity contribution in [3.05, 3.63) is 164 Å². The molecule has 37 heavy (non-hydrogen) atoms. The minimum absolute atomic E-state index is 0. The Labute approximate surface area is 231 Å². The van der Waals surface area contributed by atoms with Crippen molar-refractivity contribution < 1.29 is 19.5 Å². The van der Waals surface area contributed by atoms with Gasteiger partial charge >= 0.3 is 19.5 Å². The number of rotatable bonds is 3. The average Bonchev–Trinajstić information content (AvgIpc) is 3.01. The maximum atomic E-state index is 4.19. The monoisotopic (exact) mass is 564 g/mol. The summed E-state index contributed by atoms with van der Waals surface area (Å²) < 4.78 is 0. The maximum absolute atomic E-state index is 4.19. The zero-order valence-corrected chi connectivity index (χ0v) is 21.8. The molecule has 6 rings (SSSR count). The van der Waals surface area contributed by atoms with E-state index in [0.29, 0.717) is 0 Å². The van der Waals surface area contributed by atoms with Crippen LogP contribution in [0.4, 0.5) is 0 Å². The molecule has 0 aliphatic carbocycles. The van der Waals surface area contributed by atoms with Crippen molar-refractivity contribution in [3.8, 4) is 33.8 Å². The quantitative estimate of drug-likeness (QED) is 0.164. The molecule has 3 aromatic carbocycles. The van der Waals surface area contributed by atoms with Crippen molar-refractivity contribution in [1.82, 2.24) is 15.0 Å². The summed E-state index contributed by atoms with van der Waals surface area (Å²) in [6.45, 7) is 0. The Bertz CT molecular complexity index is 1090. The smallest absolute Gasteiger partial charge is 0.296 e. The Morgan fingerprint density at radius 3 is 0.838 bits per heavy atom. The van der Waals surface area contributed by atoms with Crippen LogP contribution in [-0.4, -0.2) is 15.0 Å². The van der Waals surface area contributed by atoms with E-state index in [1.807, 2.05) is 127 Å². The van der Waals surface area contributed by atoms with Crippen LogP contribution in [0.25, 0.3) is 33.8 Å². The molecular weight excluding hydrogens is 539 g/mol. The van der Waals surface area contributed by atoms with Crippen LogP contribution in [0.1, 0.15) is 0 Å². The number of pyridine rings is 3. The van der Waals surface area contributed by atoms with E-state index >= 15 is 0 Å². The van der Waals surface area contributed by atoms with Gasteiger partial charge in [-0.2, -0.15) is 36.4 Å². The van der Waals surface area contributed by atoms with Gasteiger partial charge in [-0.25, -0.2) is 0 Å². The van der Waals surface area contributed by atoms with E-state index < -0.39 is 0 Å². The molecule has 0 N–H and O–H groups in total. The van der Waals surface area contributed by atoms with Crippen molar-refractivity contribution in [2.45, 2.75) is 0 Å². The molecule has 0 amide bonds. The number of hydrogen-bond donors (Lipinski definition) is 0. The summed E-state index contributed by atoms with van der Waals surface area (Å²) in [4.78, 5) is 12.6. The second kappa shape index (κ2) is 15.7. The molecule has 0 bridgehead atoms. The molecule has 0 aliphatic rings. The normalized spacial score (nSPS) is 9.41. The minimum atomic E-state index is 0. The molecule has 0 unspecified atom stereocenters. The molecule has 0 fully saturated rings. The van der Waals surface area contributed by atoms with E-state index in [9.17, 15) is 0 Å². The zero-order valence-electron chi connectivity index (χ0n) is 20.1. The molecule has 0 saturated heterocycles. The van der Waals surface area contributed by atoms with Crippen LogP contribution in [0.5, 0.6) is 0 Å². The molecule has 3 heterocycles. The average molecular weight is 564 g/mol. The molecule has 179 valence electrons. The van der Waals surface area contributed by atoms with Gasteiger partial charge in [0, 0.05) is 0 Å². The van der Waals surface area contributed by atoms with E-state index in [0.717, 1.165) is 33.8 Å². The van der Waals surface area contributed by atoms with E-state index in [2.05, 4.69) is 33.2 Å². The summed E-state index contributed by atoms with van der Waals surface area (Å²) in [6.07, 6.45) is 5.33. The minimum Gasteiger partial charge on any atom is -0.296 e. The summed E-state index contributed by atoms with van der Waals surface area (Å²) in [7, 11) is 0. The number of nitrogens with zero attached hydrogens (tertiary/aromatic N) is 3. The van der Waals surface area contributed by atoms with Gasteiger partial charge in [0.1, 0.15) is 0 Å². The number of aromatic nitrogens is 3. The molecule has 1 radical (unpaired) electrons. The molecule has 0 aliphatic heterocycles. The van der Waals surface area contributed by atoms with Gasteiger partial charge in [-0.3, -0.25) is 15.0 Å². The summed E-state index contributed by atoms with van der Waals surface area (Å²) in [5, 5.41) is 0. The standard InChI is InChI=1S/3C11H8N.Ru/c3*1-2-6-10(7-3-1)11-8-4-5-9-12-11;/h3*1-7,9H;/q3*-1;+3. The summed E-state index contributed by atoms with van der Waals surface area (Å²) in [5.41, 5.74) is 6.03. The SMILES string of the molecule is [Ru+3].[c-]1cccnc1-c1ccccc1.[c-]1cccnc1-c1ccccc1.[c-]1cccnc1-c1ccccc1. The van der Waals surface area contributed by atoms with Crippen molar-refractivity contribution in [2.75, 3.05) is 0 Å². The Morgan fingerprint density at radius 1 is 0.351 bits per heavy atom. The number of hydrogen-bond acceptors (Lipinski definition) is 3. The fourth-order valence-corrected chi connectivity index (χ4v) is 3.24. The maximum Gasteiger partial charge on any atom is 3.00 e. The molecule has 4 heteroatoms. The van der Waals surface area contributed by atoms with Crippen LogP contribution in [0, 0.1) is 18.2 Å². The van der Waals surface area contributed by atoms with Crippen LogP contribution in [0.2, 0.25) is 0 Å². The third kappa shape index (κ3) is 9.03. The predicted molar refractivity (Wildman–Crippen MR) is 146 cm³/mol. The Kier molecular flexibility index (Phi) is 11.6. The first-order valence-electron chi connectivity index (χ1n) is 11.5. The Morgan fingerprint density at radius 2 is 0.622 bits per heavy atom.